The molecule has 2 aliphatic heterocycles. The minimum Gasteiger partial charge on any atom is -0.475 e. The van der Waals surface area contributed by atoms with Crippen LogP contribution in [0.4, 0.5) is 13.2 Å². The zero-order valence-corrected chi connectivity index (χ0v) is 17.6. The number of carbonyl (C=O) groups is 2. The van der Waals surface area contributed by atoms with Gasteiger partial charge in [0.15, 0.2) is 0 Å². The fraction of sp³-hybridized carbons (Fsp3) is 0.591. The van der Waals surface area contributed by atoms with Gasteiger partial charge in [0.05, 0.1) is 31.5 Å². The summed E-state index contributed by atoms with van der Waals surface area (Å²) < 4.78 is 43.8. The zero-order valence-electron chi connectivity index (χ0n) is 17.6. The SMILES string of the molecule is O=C(C1=CCCCC1)N1CC2(CC(OCc3ccccn3)CCO2)C1.O=C(O)C(F)(F)F. The third-order valence-electron chi connectivity index (χ3n) is 5.69. The maximum Gasteiger partial charge on any atom is 0.490 e. The van der Waals surface area contributed by atoms with Gasteiger partial charge < -0.3 is 19.5 Å². The second-order valence-corrected chi connectivity index (χ2v) is 8.22. The average Bonchev–Trinajstić information content (AvgIpc) is 2.77. The highest BCUT2D eigenvalue weighted by Gasteiger charge is 2.50. The van der Waals surface area contributed by atoms with Crippen molar-refractivity contribution in [1.29, 1.82) is 0 Å². The van der Waals surface area contributed by atoms with Crippen molar-refractivity contribution in [3.8, 4) is 0 Å². The molecule has 176 valence electrons. The van der Waals surface area contributed by atoms with Gasteiger partial charge in [-0.1, -0.05) is 12.1 Å². The van der Waals surface area contributed by atoms with Gasteiger partial charge in [0.2, 0.25) is 5.91 Å². The van der Waals surface area contributed by atoms with Crippen LogP contribution in [-0.4, -0.2) is 64.4 Å². The summed E-state index contributed by atoms with van der Waals surface area (Å²) >= 11 is 0. The predicted molar refractivity (Wildman–Crippen MR) is 108 cm³/mol. The van der Waals surface area contributed by atoms with Crippen molar-refractivity contribution in [2.24, 2.45) is 0 Å². The Bertz CT molecular complexity index is 823. The molecule has 1 aromatic rings. The third-order valence-corrected chi connectivity index (χ3v) is 5.69. The number of carboxylic acid groups (broad SMARTS) is 1. The van der Waals surface area contributed by atoms with Crippen molar-refractivity contribution in [3.63, 3.8) is 0 Å². The Morgan fingerprint density at radius 1 is 1.28 bits per heavy atom. The van der Waals surface area contributed by atoms with Crippen LogP contribution >= 0.6 is 0 Å². The zero-order chi connectivity index (χ0) is 23.2. The lowest BCUT2D eigenvalue weighted by molar-refractivity contribution is -0.200. The van der Waals surface area contributed by atoms with E-state index in [1.165, 1.54) is 6.42 Å². The van der Waals surface area contributed by atoms with E-state index in [1.807, 2.05) is 23.1 Å². The van der Waals surface area contributed by atoms with Crippen molar-refractivity contribution < 1.29 is 37.3 Å². The van der Waals surface area contributed by atoms with E-state index in [2.05, 4.69) is 11.1 Å². The summed E-state index contributed by atoms with van der Waals surface area (Å²) in [6, 6.07) is 5.87. The van der Waals surface area contributed by atoms with E-state index in [-0.39, 0.29) is 17.6 Å². The number of carboxylic acids is 1. The van der Waals surface area contributed by atoms with E-state index in [0.717, 1.165) is 43.4 Å². The number of amides is 1. The van der Waals surface area contributed by atoms with Gasteiger partial charge in [0.1, 0.15) is 5.60 Å². The first-order valence-electron chi connectivity index (χ1n) is 10.6. The lowest BCUT2D eigenvalue weighted by Crippen LogP contribution is -2.67. The molecule has 0 aromatic carbocycles. The van der Waals surface area contributed by atoms with Gasteiger partial charge in [0.25, 0.3) is 0 Å². The molecular formula is C22H27F3N2O5. The average molecular weight is 456 g/mol. The molecule has 7 nitrogen and oxygen atoms in total. The minimum absolute atomic E-state index is 0.182. The fourth-order valence-corrected chi connectivity index (χ4v) is 4.06. The summed E-state index contributed by atoms with van der Waals surface area (Å²) in [6.45, 7) is 2.65. The van der Waals surface area contributed by atoms with Crippen molar-refractivity contribution >= 4 is 11.9 Å². The molecule has 3 heterocycles. The Morgan fingerprint density at radius 3 is 2.62 bits per heavy atom. The Balaban J connectivity index is 0.000000360. The van der Waals surface area contributed by atoms with Crippen molar-refractivity contribution in [3.05, 3.63) is 41.7 Å². The molecule has 1 unspecified atom stereocenters. The Morgan fingerprint density at radius 2 is 2.03 bits per heavy atom. The Hall–Kier alpha value is -2.46. The van der Waals surface area contributed by atoms with E-state index in [1.54, 1.807) is 6.20 Å². The minimum atomic E-state index is -5.08. The van der Waals surface area contributed by atoms with Crippen LogP contribution in [0, 0.1) is 0 Å². The molecule has 2 fully saturated rings. The number of aromatic nitrogens is 1. The van der Waals surface area contributed by atoms with Crippen LogP contribution in [0.5, 0.6) is 0 Å². The molecule has 1 aliphatic carbocycles. The number of likely N-dealkylation sites (tertiary alicyclic amines) is 1. The third kappa shape index (κ3) is 6.52. The van der Waals surface area contributed by atoms with E-state index in [4.69, 9.17) is 19.4 Å². The Labute approximate surface area is 184 Å². The maximum absolute atomic E-state index is 12.6. The number of ether oxygens (including phenoxy) is 2. The molecule has 0 saturated carbocycles. The topological polar surface area (TPSA) is 89.0 Å². The van der Waals surface area contributed by atoms with Crippen molar-refractivity contribution in [1.82, 2.24) is 9.88 Å². The van der Waals surface area contributed by atoms with Crippen LogP contribution in [0.25, 0.3) is 0 Å². The summed E-state index contributed by atoms with van der Waals surface area (Å²) in [5.74, 6) is -2.54. The maximum atomic E-state index is 12.6. The second-order valence-electron chi connectivity index (χ2n) is 8.22. The fourth-order valence-electron chi connectivity index (χ4n) is 4.06. The smallest absolute Gasteiger partial charge is 0.475 e. The normalized spacial score (nSPS) is 22.3. The summed E-state index contributed by atoms with van der Waals surface area (Å²) in [6.07, 6.45) is 5.10. The van der Waals surface area contributed by atoms with Gasteiger partial charge in [0, 0.05) is 24.8 Å². The molecule has 1 atom stereocenters. The number of nitrogens with zero attached hydrogens (tertiary/aromatic N) is 2. The second kappa shape index (κ2) is 10.4. The first-order chi connectivity index (χ1) is 15.2. The molecule has 4 rings (SSSR count). The molecular weight excluding hydrogens is 429 g/mol. The monoisotopic (exact) mass is 456 g/mol. The van der Waals surface area contributed by atoms with Gasteiger partial charge in [-0.15, -0.1) is 0 Å². The van der Waals surface area contributed by atoms with Crippen LogP contribution in [0.1, 0.15) is 44.2 Å². The van der Waals surface area contributed by atoms with Crippen LogP contribution in [-0.2, 0) is 25.7 Å². The first-order valence-corrected chi connectivity index (χ1v) is 10.6. The van der Waals surface area contributed by atoms with Gasteiger partial charge in [-0.25, -0.2) is 4.79 Å². The van der Waals surface area contributed by atoms with Gasteiger partial charge in [-0.3, -0.25) is 9.78 Å². The molecule has 32 heavy (non-hydrogen) atoms. The molecule has 1 spiro atoms. The van der Waals surface area contributed by atoms with Crippen molar-refractivity contribution in [2.45, 2.75) is 63.0 Å². The van der Waals surface area contributed by atoms with Crippen molar-refractivity contribution in [2.75, 3.05) is 19.7 Å². The van der Waals surface area contributed by atoms with Crippen LogP contribution in [0.2, 0.25) is 0 Å². The lowest BCUT2D eigenvalue weighted by Gasteiger charge is -2.53. The van der Waals surface area contributed by atoms with Gasteiger partial charge >= 0.3 is 12.1 Å². The number of alkyl halides is 3. The summed E-state index contributed by atoms with van der Waals surface area (Å²) in [7, 11) is 0. The standard InChI is InChI=1S/C20H26N2O3.C2HF3O2/c23-19(16-6-2-1-3-7-16)22-14-20(15-22)12-18(9-11-25-20)24-13-17-8-4-5-10-21-17;3-2(4,5)1(6)7/h4-6,8,10,18H,1-3,7,9,11-15H2;(H,6,7). The molecule has 1 aromatic heterocycles. The van der Waals surface area contributed by atoms with Crippen LogP contribution in [0.15, 0.2) is 36.0 Å². The number of hydrogen-bond acceptors (Lipinski definition) is 5. The number of carbonyl (C=O) groups excluding carboxylic acids is 1. The van der Waals surface area contributed by atoms with E-state index in [0.29, 0.717) is 26.3 Å². The number of hydrogen-bond donors (Lipinski definition) is 1. The van der Waals surface area contributed by atoms with Crippen LogP contribution in [0.3, 0.4) is 0 Å². The summed E-state index contributed by atoms with van der Waals surface area (Å²) in [5, 5.41) is 7.12. The lowest BCUT2D eigenvalue weighted by atomic mass is 9.83. The molecule has 0 bridgehead atoms. The number of halogens is 3. The number of pyridine rings is 1. The Kier molecular flexibility index (Phi) is 7.89. The quantitative estimate of drug-likeness (QED) is 0.746. The number of rotatable bonds is 4. The molecule has 1 N–H and O–H groups in total. The predicted octanol–water partition coefficient (Wildman–Crippen LogP) is 3.49. The molecule has 3 aliphatic rings. The van der Waals surface area contributed by atoms with Gasteiger partial charge in [-0.2, -0.15) is 13.2 Å². The van der Waals surface area contributed by atoms with Gasteiger partial charge in [-0.05, 0) is 44.2 Å². The van der Waals surface area contributed by atoms with E-state index < -0.39 is 12.1 Å². The first kappa shape index (κ1) is 24.2. The highest BCUT2D eigenvalue weighted by molar-refractivity contribution is 5.94. The van der Waals surface area contributed by atoms with Crippen LogP contribution < -0.4 is 0 Å². The molecule has 2 saturated heterocycles. The number of allylic oxidation sites excluding steroid dienone is 1. The largest absolute Gasteiger partial charge is 0.490 e. The van der Waals surface area contributed by atoms with E-state index in [9.17, 15) is 18.0 Å². The molecule has 1 amide bonds. The summed E-state index contributed by atoms with van der Waals surface area (Å²) in [4.78, 5) is 27.7. The number of aliphatic carboxylic acids is 1. The summed E-state index contributed by atoms with van der Waals surface area (Å²) in [5.41, 5.74) is 1.76. The highest BCUT2D eigenvalue weighted by atomic mass is 19.4. The highest BCUT2D eigenvalue weighted by Crippen LogP contribution is 2.37. The van der Waals surface area contributed by atoms with E-state index >= 15 is 0 Å². The molecule has 10 heteroatoms. The molecule has 0 radical (unpaired) electrons.